The first-order valence-electron chi connectivity index (χ1n) is 6.08. The van der Waals surface area contributed by atoms with Crippen LogP contribution < -0.4 is 5.73 Å². The SMILES string of the molecule is NC(CC(Cc1ccc(C(F)(F)P)cc1)C(=O)O)C(=O)O. The van der Waals surface area contributed by atoms with Crippen LogP contribution in [0.25, 0.3) is 0 Å². The Morgan fingerprint density at radius 3 is 2.10 bits per heavy atom. The maximum Gasteiger partial charge on any atom is 0.320 e. The molecule has 0 heterocycles. The standard InChI is InChI=1S/C13H16F2NO4P/c14-13(15,21)9-3-1-7(2-4-9)5-8(11(17)18)6-10(16)12(19)20/h1-4,8,10H,5-6,16,21H2,(H,17,18)(H,19,20). The van der Waals surface area contributed by atoms with Crippen molar-refractivity contribution in [3.63, 3.8) is 0 Å². The molecule has 5 nitrogen and oxygen atoms in total. The molecule has 116 valence electrons. The normalized spacial score (nSPS) is 14.5. The van der Waals surface area contributed by atoms with Gasteiger partial charge in [0.25, 0.3) is 5.66 Å². The number of nitrogens with two attached hydrogens (primary N) is 1. The number of hydrogen-bond acceptors (Lipinski definition) is 3. The number of aliphatic carboxylic acids is 2. The zero-order valence-electron chi connectivity index (χ0n) is 11.0. The molecule has 4 N–H and O–H groups in total. The highest BCUT2D eigenvalue weighted by Gasteiger charge is 2.26. The lowest BCUT2D eigenvalue weighted by molar-refractivity contribution is -0.143. The Hall–Kier alpha value is -1.59. The number of rotatable bonds is 7. The van der Waals surface area contributed by atoms with Gasteiger partial charge in [0, 0.05) is 5.56 Å². The summed E-state index contributed by atoms with van der Waals surface area (Å²) in [6, 6.07) is 3.93. The second kappa shape index (κ2) is 6.91. The zero-order valence-corrected chi connectivity index (χ0v) is 12.2. The van der Waals surface area contributed by atoms with E-state index in [-0.39, 0.29) is 18.4 Å². The van der Waals surface area contributed by atoms with E-state index in [1.807, 2.05) is 0 Å². The summed E-state index contributed by atoms with van der Waals surface area (Å²) in [5.41, 5.74) is 2.60. The fourth-order valence-corrected chi connectivity index (χ4v) is 2.02. The molecule has 21 heavy (non-hydrogen) atoms. The summed E-state index contributed by atoms with van der Waals surface area (Å²) in [5.74, 6) is -3.44. The first-order valence-corrected chi connectivity index (χ1v) is 6.66. The summed E-state index contributed by atoms with van der Waals surface area (Å²) in [6.07, 6.45) is -0.203. The Morgan fingerprint density at radius 2 is 1.71 bits per heavy atom. The van der Waals surface area contributed by atoms with Gasteiger partial charge < -0.3 is 15.9 Å². The van der Waals surface area contributed by atoms with Gasteiger partial charge in [-0.15, -0.1) is 0 Å². The Bertz CT molecular complexity index is 516. The molecule has 0 fully saturated rings. The van der Waals surface area contributed by atoms with Crippen LogP contribution in [0.1, 0.15) is 17.5 Å². The minimum absolute atomic E-state index is 0.0268. The molecule has 0 amide bonds. The van der Waals surface area contributed by atoms with Crippen LogP contribution in [0.5, 0.6) is 0 Å². The number of carbonyl (C=O) groups is 2. The average molecular weight is 319 g/mol. The number of halogens is 2. The van der Waals surface area contributed by atoms with Gasteiger partial charge in [-0.1, -0.05) is 33.5 Å². The van der Waals surface area contributed by atoms with Crippen molar-refractivity contribution in [2.75, 3.05) is 0 Å². The molecule has 0 aliphatic heterocycles. The van der Waals surface area contributed by atoms with Gasteiger partial charge in [-0.25, -0.2) is 0 Å². The molecule has 8 heteroatoms. The van der Waals surface area contributed by atoms with Crippen LogP contribution in [0.4, 0.5) is 8.78 Å². The minimum atomic E-state index is -3.05. The number of carboxylic acid groups (broad SMARTS) is 2. The van der Waals surface area contributed by atoms with Crippen LogP contribution in [0.3, 0.4) is 0 Å². The lowest BCUT2D eigenvalue weighted by Crippen LogP contribution is -2.35. The van der Waals surface area contributed by atoms with Gasteiger partial charge in [0.15, 0.2) is 0 Å². The summed E-state index contributed by atoms with van der Waals surface area (Å²) in [7, 11) is 1.42. The molecule has 0 saturated carbocycles. The van der Waals surface area contributed by atoms with Crippen LogP contribution in [-0.2, 0) is 21.7 Å². The summed E-state index contributed by atoms with van der Waals surface area (Å²) < 4.78 is 26.0. The second-order valence-electron chi connectivity index (χ2n) is 4.74. The van der Waals surface area contributed by atoms with E-state index < -0.39 is 29.6 Å². The first kappa shape index (κ1) is 17.5. The Kier molecular flexibility index (Phi) is 5.75. The smallest absolute Gasteiger partial charge is 0.320 e. The topological polar surface area (TPSA) is 101 Å². The van der Waals surface area contributed by atoms with Crippen molar-refractivity contribution in [1.29, 1.82) is 0 Å². The molecule has 3 atom stereocenters. The van der Waals surface area contributed by atoms with E-state index in [0.29, 0.717) is 5.56 Å². The van der Waals surface area contributed by atoms with Gasteiger partial charge in [0.2, 0.25) is 0 Å². The Balaban J connectivity index is 2.80. The average Bonchev–Trinajstić information content (AvgIpc) is 2.37. The van der Waals surface area contributed by atoms with Crippen LogP contribution in [-0.4, -0.2) is 28.2 Å². The van der Waals surface area contributed by atoms with Crippen LogP contribution in [0.15, 0.2) is 24.3 Å². The van der Waals surface area contributed by atoms with E-state index in [9.17, 15) is 18.4 Å². The molecular formula is C13H16F2NO4P. The third kappa shape index (κ3) is 5.36. The van der Waals surface area contributed by atoms with Crippen molar-refractivity contribution < 1.29 is 28.6 Å². The fraction of sp³-hybridized carbons (Fsp3) is 0.385. The van der Waals surface area contributed by atoms with Crippen molar-refractivity contribution in [3.05, 3.63) is 35.4 Å². The molecule has 0 spiro atoms. The molecule has 0 radical (unpaired) electrons. The van der Waals surface area contributed by atoms with E-state index in [0.717, 1.165) is 0 Å². The summed E-state index contributed by atoms with van der Waals surface area (Å²) in [4.78, 5) is 21.8. The molecule has 1 rings (SSSR count). The molecule has 1 aromatic carbocycles. The fourth-order valence-electron chi connectivity index (χ4n) is 1.83. The van der Waals surface area contributed by atoms with Crippen molar-refractivity contribution in [1.82, 2.24) is 0 Å². The number of alkyl halides is 2. The third-order valence-corrected chi connectivity index (χ3v) is 3.36. The van der Waals surface area contributed by atoms with Crippen molar-refractivity contribution >= 4 is 21.2 Å². The van der Waals surface area contributed by atoms with Gasteiger partial charge in [-0.05, 0) is 18.4 Å². The number of hydrogen-bond donors (Lipinski definition) is 3. The van der Waals surface area contributed by atoms with E-state index in [1.54, 1.807) is 0 Å². The molecule has 0 aromatic heterocycles. The second-order valence-corrected chi connectivity index (χ2v) is 5.46. The van der Waals surface area contributed by atoms with E-state index in [1.165, 1.54) is 33.5 Å². The van der Waals surface area contributed by atoms with E-state index in [4.69, 9.17) is 15.9 Å². The maximum atomic E-state index is 13.0. The highest BCUT2D eigenvalue weighted by molar-refractivity contribution is 7.17. The predicted octanol–water partition coefficient (Wildman–Crippen LogP) is 1.66. The van der Waals surface area contributed by atoms with Crippen molar-refractivity contribution in [3.8, 4) is 0 Å². The molecule has 3 unspecified atom stereocenters. The van der Waals surface area contributed by atoms with Gasteiger partial charge >= 0.3 is 11.9 Å². The number of carboxylic acids is 2. The monoisotopic (exact) mass is 319 g/mol. The lowest BCUT2D eigenvalue weighted by atomic mass is 9.92. The first-order chi connectivity index (χ1) is 9.61. The van der Waals surface area contributed by atoms with Gasteiger partial charge in [-0.3, -0.25) is 9.59 Å². The highest BCUT2D eigenvalue weighted by Crippen LogP contribution is 2.34. The lowest BCUT2D eigenvalue weighted by Gasteiger charge is -2.16. The molecular weight excluding hydrogens is 303 g/mol. The third-order valence-electron chi connectivity index (χ3n) is 3.03. The quantitative estimate of drug-likeness (QED) is 0.664. The molecule has 0 aliphatic rings. The Morgan fingerprint density at radius 1 is 1.19 bits per heavy atom. The van der Waals surface area contributed by atoms with E-state index >= 15 is 0 Å². The molecule has 0 aliphatic carbocycles. The minimum Gasteiger partial charge on any atom is -0.481 e. The van der Waals surface area contributed by atoms with Crippen LogP contribution in [0, 0.1) is 5.92 Å². The predicted molar refractivity (Wildman–Crippen MR) is 75.1 cm³/mol. The summed E-state index contributed by atoms with van der Waals surface area (Å²) in [5, 5.41) is 17.8. The zero-order chi connectivity index (χ0) is 16.2. The van der Waals surface area contributed by atoms with Gasteiger partial charge in [-0.2, -0.15) is 8.78 Å². The summed E-state index contributed by atoms with van der Waals surface area (Å²) in [6.45, 7) is 0. The van der Waals surface area contributed by atoms with Crippen molar-refractivity contribution in [2.24, 2.45) is 11.7 Å². The largest absolute Gasteiger partial charge is 0.481 e. The van der Waals surface area contributed by atoms with Gasteiger partial charge in [0.1, 0.15) is 6.04 Å². The van der Waals surface area contributed by atoms with Crippen LogP contribution >= 0.6 is 9.24 Å². The maximum absolute atomic E-state index is 13.0. The Labute approximate surface area is 122 Å². The van der Waals surface area contributed by atoms with Crippen LogP contribution in [0.2, 0.25) is 0 Å². The van der Waals surface area contributed by atoms with Crippen molar-refractivity contribution in [2.45, 2.75) is 24.5 Å². The number of benzene rings is 1. The van der Waals surface area contributed by atoms with E-state index in [2.05, 4.69) is 0 Å². The van der Waals surface area contributed by atoms with Gasteiger partial charge in [0.05, 0.1) is 5.92 Å². The highest BCUT2D eigenvalue weighted by atomic mass is 31.0. The molecule has 0 bridgehead atoms. The summed E-state index contributed by atoms with van der Waals surface area (Å²) >= 11 is 0. The molecule has 0 saturated heterocycles. The molecule has 1 aromatic rings.